The third-order valence-electron chi connectivity index (χ3n) is 2.65. The summed E-state index contributed by atoms with van der Waals surface area (Å²) in [5.41, 5.74) is -0.427. The van der Waals surface area contributed by atoms with Crippen molar-refractivity contribution in [1.29, 1.82) is 0 Å². The lowest BCUT2D eigenvalue weighted by Crippen LogP contribution is -2.20. The van der Waals surface area contributed by atoms with Gasteiger partial charge < -0.3 is 14.2 Å². The highest BCUT2D eigenvalue weighted by Crippen LogP contribution is 2.29. The smallest absolute Gasteiger partial charge is 0.350 e. The highest BCUT2D eigenvalue weighted by atomic mass is 16.7. The molecule has 1 aliphatic rings. The Bertz CT molecular complexity index is 458. The molecule has 0 saturated carbocycles. The Balaban J connectivity index is 2.30. The third-order valence-corrected chi connectivity index (χ3v) is 2.65. The van der Waals surface area contributed by atoms with E-state index in [1.165, 1.54) is 11.8 Å². The van der Waals surface area contributed by atoms with Crippen LogP contribution < -0.4 is 4.74 Å². The van der Waals surface area contributed by atoms with Crippen LogP contribution in [0.2, 0.25) is 0 Å². The molecule has 1 saturated heterocycles. The number of rotatable bonds is 5. The van der Waals surface area contributed by atoms with Crippen molar-refractivity contribution >= 4 is 5.69 Å². The molecule has 18 heavy (non-hydrogen) atoms. The molecule has 100 valence electrons. The zero-order valence-corrected chi connectivity index (χ0v) is 10.00. The summed E-state index contributed by atoms with van der Waals surface area (Å²) >= 11 is 0. The van der Waals surface area contributed by atoms with E-state index >= 15 is 0 Å². The van der Waals surface area contributed by atoms with Gasteiger partial charge in [0.1, 0.15) is 6.17 Å². The minimum atomic E-state index is -0.657. The summed E-state index contributed by atoms with van der Waals surface area (Å²) in [4.78, 5) is 10.3. The molecular formula is C10H15N3O5. The molecule has 0 aliphatic carbocycles. The van der Waals surface area contributed by atoms with Crippen LogP contribution in [0.15, 0.2) is 6.17 Å². The Morgan fingerprint density at radius 2 is 2.44 bits per heavy atom. The fourth-order valence-corrected chi connectivity index (χ4v) is 1.76. The average molecular weight is 258 g/mol. The summed E-state index contributed by atoms with van der Waals surface area (Å²) < 4.78 is 24.2. The summed E-state index contributed by atoms with van der Waals surface area (Å²) in [7, 11) is 1.41. The Morgan fingerprint density at radius 1 is 1.72 bits per heavy atom. The number of nitro groups is 1. The van der Waals surface area contributed by atoms with Crippen molar-refractivity contribution in [2.24, 2.45) is 0 Å². The van der Waals surface area contributed by atoms with Crippen molar-refractivity contribution in [2.45, 2.75) is 18.9 Å². The van der Waals surface area contributed by atoms with E-state index in [9.17, 15) is 10.1 Å². The van der Waals surface area contributed by atoms with Crippen molar-refractivity contribution in [2.75, 3.05) is 27.1 Å². The van der Waals surface area contributed by atoms with Gasteiger partial charge in [-0.3, -0.25) is 14.8 Å². The van der Waals surface area contributed by atoms with Crippen LogP contribution in [0.25, 0.3) is 0 Å². The van der Waals surface area contributed by atoms with Gasteiger partial charge >= 0.3 is 11.6 Å². The Hall–Kier alpha value is -1.67. The largest absolute Gasteiger partial charge is 0.445 e. The van der Waals surface area contributed by atoms with Crippen molar-refractivity contribution in [3.8, 4) is 5.88 Å². The summed E-state index contributed by atoms with van der Waals surface area (Å²) in [6.07, 6.45) is 1.10. The van der Waals surface area contributed by atoms with Gasteiger partial charge in [-0.15, -0.1) is 5.10 Å². The first-order valence-electron chi connectivity index (χ1n) is 6.08. The molecule has 0 amide bonds. The van der Waals surface area contributed by atoms with E-state index in [1.807, 2.05) is 0 Å². The van der Waals surface area contributed by atoms with Gasteiger partial charge in [0, 0.05) is 20.3 Å². The molecule has 0 bridgehead atoms. The van der Waals surface area contributed by atoms with Crippen molar-refractivity contribution in [3.63, 3.8) is 0 Å². The van der Waals surface area contributed by atoms with Crippen LogP contribution in [-0.2, 0) is 9.47 Å². The maximum absolute atomic E-state index is 11.0. The fraction of sp³-hybridized carbons (Fsp3) is 0.700. The molecular weight excluding hydrogens is 242 g/mol. The number of methoxy groups -OCH3 is 1. The minimum Gasteiger partial charge on any atom is -0.445 e. The number of hydrogen-bond donors (Lipinski definition) is 0. The van der Waals surface area contributed by atoms with Crippen LogP contribution in [0.5, 0.6) is 5.88 Å². The highest BCUT2D eigenvalue weighted by Gasteiger charge is 2.25. The summed E-state index contributed by atoms with van der Waals surface area (Å²) in [6, 6.07) is -0.0696. The maximum atomic E-state index is 11.0. The van der Waals surface area contributed by atoms with Gasteiger partial charge in [-0.05, 0) is 12.8 Å². The number of aromatic nitrogens is 2. The topological polar surface area (TPSA) is 88.7 Å². The monoisotopic (exact) mass is 258 g/mol. The first-order chi connectivity index (χ1) is 9.15. The second kappa shape index (κ2) is 5.78. The van der Waals surface area contributed by atoms with Crippen LogP contribution in [0, 0.1) is 10.1 Å². The Morgan fingerprint density at radius 3 is 3.06 bits per heavy atom. The summed E-state index contributed by atoms with van der Waals surface area (Å²) in [5.74, 6) is -0.177. The van der Waals surface area contributed by atoms with E-state index < -0.39 is 10.6 Å². The molecule has 1 aromatic rings. The van der Waals surface area contributed by atoms with Crippen LogP contribution in [0.4, 0.5) is 5.69 Å². The molecule has 0 spiro atoms. The average Bonchev–Trinajstić information content (AvgIpc) is 2.74. The molecule has 8 nitrogen and oxygen atoms in total. The zero-order chi connectivity index (χ0) is 13.8. The zero-order valence-electron chi connectivity index (χ0n) is 11.0. The predicted octanol–water partition coefficient (Wildman–Crippen LogP) is 1.13. The number of hydrogen-bond acceptors (Lipinski definition) is 6. The minimum absolute atomic E-state index is 0.0696. The third kappa shape index (κ3) is 2.77. The standard InChI is InChI=1S/C10H15N3O5/c1-16-7-18-10-9(13(14)15)6-12(11-10)8-2-4-17-5-3-8/h6,8H,2-5,7H2,1H3/i6D. The van der Waals surface area contributed by atoms with Crippen molar-refractivity contribution in [1.82, 2.24) is 9.78 Å². The molecule has 1 aliphatic heterocycles. The van der Waals surface area contributed by atoms with Gasteiger partial charge in [0.2, 0.25) is 0 Å². The predicted molar refractivity (Wildman–Crippen MR) is 60.5 cm³/mol. The molecule has 8 heteroatoms. The molecule has 0 unspecified atom stereocenters. The van der Waals surface area contributed by atoms with E-state index in [-0.39, 0.29) is 24.9 Å². The van der Waals surface area contributed by atoms with Crippen LogP contribution in [-0.4, -0.2) is 41.8 Å². The van der Waals surface area contributed by atoms with Crippen molar-refractivity contribution in [3.05, 3.63) is 16.3 Å². The lowest BCUT2D eigenvalue weighted by Gasteiger charge is -2.21. The Kier molecular flexibility index (Phi) is 3.67. The molecule has 1 fully saturated rings. The number of nitrogens with zero attached hydrogens (tertiary/aromatic N) is 3. The Labute approximate surface area is 105 Å². The normalized spacial score (nSPS) is 17.5. The molecule has 2 heterocycles. The quantitative estimate of drug-likeness (QED) is 0.447. The summed E-state index contributed by atoms with van der Waals surface area (Å²) in [6.45, 7) is 0.975. The van der Waals surface area contributed by atoms with Gasteiger partial charge in [-0.2, -0.15) is 0 Å². The van der Waals surface area contributed by atoms with E-state index in [0.29, 0.717) is 26.1 Å². The van der Waals surface area contributed by atoms with Gasteiger partial charge in [-0.1, -0.05) is 0 Å². The highest BCUT2D eigenvalue weighted by molar-refractivity contribution is 5.38. The van der Waals surface area contributed by atoms with E-state index in [0.717, 1.165) is 0 Å². The van der Waals surface area contributed by atoms with Gasteiger partial charge in [0.25, 0.3) is 0 Å². The van der Waals surface area contributed by atoms with Gasteiger partial charge in [0.15, 0.2) is 6.79 Å². The number of ether oxygens (including phenoxy) is 3. The van der Waals surface area contributed by atoms with E-state index in [1.54, 1.807) is 0 Å². The van der Waals surface area contributed by atoms with Gasteiger partial charge in [0.05, 0.1) is 12.3 Å². The van der Waals surface area contributed by atoms with Crippen LogP contribution in [0.1, 0.15) is 20.3 Å². The molecule has 0 atom stereocenters. The summed E-state index contributed by atoms with van der Waals surface area (Å²) in [5, 5.41) is 15.0. The second-order valence-electron chi connectivity index (χ2n) is 3.86. The van der Waals surface area contributed by atoms with Crippen LogP contribution >= 0.6 is 0 Å². The van der Waals surface area contributed by atoms with Crippen LogP contribution in [0.3, 0.4) is 0 Å². The second-order valence-corrected chi connectivity index (χ2v) is 3.86. The lowest BCUT2D eigenvalue weighted by molar-refractivity contribution is -0.386. The first-order valence-corrected chi connectivity index (χ1v) is 5.58. The first kappa shape index (κ1) is 11.4. The molecule has 2 rings (SSSR count). The van der Waals surface area contributed by atoms with Gasteiger partial charge in [-0.25, -0.2) is 0 Å². The fourth-order valence-electron chi connectivity index (χ4n) is 1.76. The molecule has 0 N–H and O–H groups in total. The maximum Gasteiger partial charge on any atom is 0.350 e. The lowest BCUT2D eigenvalue weighted by atomic mass is 10.1. The van der Waals surface area contributed by atoms with Crippen molar-refractivity contribution < 1.29 is 20.5 Å². The van der Waals surface area contributed by atoms with E-state index in [4.69, 9.17) is 15.6 Å². The molecule has 1 aromatic heterocycles. The molecule has 0 radical (unpaired) electrons. The molecule has 0 aromatic carbocycles. The van der Waals surface area contributed by atoms with E-state index in [2.05, 4.69) is 5.10 Å². The SMILES string of the molecule is [2H]c1c([N+](=O)[O-])c(OCOC)nn1C1CCOCC1.